The van der Waals surface area contributed by atoms with Crippen LogP contribution >= 0.6 is 11.6 Å². The summed E-state index contributed by atoms with van der Waals surface area (Å²) < 4.78 is 1.95. The van der Waals surface area contributed by atoms with Crippen molar-refractivity contribution in [3.8, 4) is 5.69 Å². The van der Waals surface area contributed by atoms with Gasteiger partial charge >= 0.3 is 0 Å². The van der Waals surface area contributed by atoms with E-state index in [4.69, 9.17) is 11.6 Å². The Morgan fingerprint density at radius 2 is 1.93 bits per heavy atom. The van der Waals surface area contributed by atoms with Gasteiger partial charge in [0.25, 0.3) is 0 Å². The molecule has 3 nitrogen and oxygen atoms in total. The zero-order valence-corrected chi connectivity index (χ0v) is 8.57. The van der Waals surface area contributed by atoms with E-state index in [-0.39, 0.29) is 0 Å². The predicted molar refractivity (Wildman–Crippen MR) is 55.7 cm³/mol. The number of alkyl halides is 1. The van der Waals surface area contributed by atoms with Crippen LogP contribution in [0.3, 0.4) is 0 Å². The SMILES string of the molecule is Cc1nnc(CCl)n1-c1ccccc1. The number of rotatable bonds is 2. The molecule has 0 aliphatic heterocycles. The molecule has 0 amide bonds. The number of aryl methyl sites for hydroxylation is 1. The van der Waals surface area contributed by atoms with Crippen molar-refractivity contribution in [1.82, 2.24) is 14.8 Å². The maximum Gasteiger partial charge on any atom is 0.152 e. The van der Waals surface area contributed by atoms with Gasteiger partial charge in [-0.3, -0.25) is 4.57 Å². The second-order valence-corrected chi connectivity index (χ2v) is 3.24. The van der Waals surface area contributed by atoms with Crippen molar-refractivity contribution in [2.24, 2.45) is 0 Å². The topological polar surface area (TPSA) is 30.7 Å². The molecule has 1 aromatic heterocycles. The van der Waals surface area contributed by atoms with E-state index in [1.165, 1.54) is 0 Å². The number of para-hydroxylation sites is 1. The number of halogens is 1. The number of hydrogen-bond acceptors (Lipinski definition) is 2. The molecule has 0 saturated heterocycles. The van der Waals surface area contributed by atoms with Crippen LogP contribution in [0.4, 0.5) is 0 Å². The average Bonchev–Trinajstić information content (AvgIpc) is 2.61. The first-order chi connectivity index (χ1) is 6.83. The predicted octanol–water partition coefficient (Wildman–Crippen LogP) is 2.31. The van der Waals surface area contributed by atoms with Crippen molar-refractivity contribution in [1.29, 1.82) is 0 Å². The van der Waals surface area contributed by atoms with Crippen LogP contribution in [0.25, 0.3) is 5.69 Å². The highest BCUT2D eigenvalue weighted by molar-refractivity contribution is 6.16. The van der Waals surface area contributed by atoms with Crippen LogP contribution in [0, 0.1) is 6.92 Å². The van der Waals surface area contributed by atoms with Crippen LogP contribution in [0.15, 0.2) is 30.3 Å². The Balaban J connectivity index is 2.55. The van der Waals surface area contributed by atoms with Gasteiger partial charge in [0.1, 0.15) is 5.82 Å². The Morgan fingerprint density at radius 1 is 1.21 bits per heavy atom. The Hall–Kier alpha value is -1.35. The molecule has 0 spiro atoms. The minimum absolute atomic E-state index is 0.371. The molecule has 0 bridgehead atoms. The first-order valence-electron chi connectivity index (χ1n) is 4.35. The van der Waals surface area contributed by atoms with Gasteiger partial charge in [-0.2, -0.15) is 0 Å². The fourth-order valence-electron chi connectivity index (χ4n) is 1.41. The van der Waals surface area contributed by atoms with E-state index in [1.54, 1.807) is 0 Å². The van der Waals surface area contributed by atoms with Gasteiger partial charge in [-0.25, -0.2) is 0 Å². The number of aromatic nitrogens is 3. The van der Waals surface area contributed by atoms with Gasteiger partial charge in [0.2, 0.25) is 0 Å². The third kappa shape index (κ3) is 1.51. The van der Waals surface area contributed by atoms with Crippen molar-refractivity contribution in [2.45, 2.75) is 12.8 Å². The normalized spacial score (nSPS) is 10.4. The van der Waals surface area contributed by atoms with E-state index >= 15 is 0 Å². The zero-order valence-electron chi connectivity index (χ0n) is 7.81. The first-order valence-corrected chi connectivity index (χ1v) is 4.88. The molecule has 2 rings (SSSR count). The monoisotopic (exact) mass is 207 g/mol. The summed E-state index contributed by atoms with van der Waals surface area (Å²) in [5, 5.41) is 7.98. The van der Waals surface area contributed by atoms with Gasteiger partial charge in [-0.15, -0.1) is 21.8 Å². The fourth-order valence-corrected chi connectivity index (χ4v) is 1.58. The highest BCUT2D eigenvalue weighted by Crippen LogP contribution is 2.13. The van der Waals surface area contributed by atoms with Crippen molar-refractivity contribution in [3.05, 3.63) is 42.0 Å². The van der Waals surface area contributed by atoms with Gasteiger partial charge in [-0.1, -0.05) is 18.2 Å². The smallest absolute Gasteiger partial charge is 0.152 e. The summed E-state index contributed by atoms with van der Waals surface area (Å²) >= 11 is 5.77. The molecule has 1 heterocycles. The molecule has 4 heteroatoms. The number of nitrogens with zero attached hydrogens (tertiary/aromatic N) is 3. The quantitative estimate of drug-likeness (QED) is 0.708. The van der Waals surface area contributed by atoms with Crippen LogP contribution in [0.2, 0.25) is 0 Å². The van der Waals surface area contributed by atoms with Gasteiger partial charge < -0.3 is 0 Å². The lowest BCUT2D eigenvalue weighted by molar-refractivity contribution is 0.926. The molecule has 0 aliphatic carbocycles. The Kier molecular flexibility index (Phi) is 2.50. The Labute approximate surface area is 87.3 Å². The summed E-state index contributed by atoms with van der Waals surface area (Å²) in [6.07, 6.45) is 0. The maximum atomic E-state index is 5.77. The molecule has 2 aromatic rings. The van der Waals surface area contributed by atoms with Crippen molar-refractivity contribution in [3.63, 3.8) is 0 Å². The molecular formula is C10H10ClN3. The van der Waals surface area contributed by atoms with E-state index in [0.29, 0.717) is 5.88 Å². The van der Waals surface area contributed by atoms with Crippen LogP contribution in [-0.4, -0.2) is 14.8 Å². The summed E-state index contributed by atoms with van der Waals surface area (Å²) in [5.74, 6) is 2.00. The van der Waals surface area contributed by atoms with Gasteiger partial charge in [-0.05, 0) is 19.1 Å². The lowest BCUT2D eigenvalue weighted by Crippen LogP contribution is -2.00. The molecule has 0 radical (unpaired) electrons. The molecule has 0 fully saturated rings. The van der Waals surface area contributed by atoms with E-state index < -0.39 is 0 Å². The Bertz CT molecular complexity index is 422. The maximum absolute atomic E-state index is 5.77. The van der Waals surface area contributed by atoms with E-state index in [2.05, 4.69) is 10.2 Å². The molecule has 1 aromatic carbocycles. The van der Waals surface area contributed by atoms with Crippen LogP contribution in [-0.2, 0) is 5.88 Å². The van der Waals surface area contributed by atoms with E-state index in [9.17, 15) is 0 Å². The molecule has 0 N–H and O–H groups in total. The highest BCUT2D eigenvalue weighted by Gasteiger charge is 2.08. The summed E-state index contributed by atoms with van der Waals surface area (Å²) in [6.45, 7) is 1.91. The summed E-state index contributed by atoms with van der Waals surface area (Å²) in [6, 6.07) is 9.95. The number of hydrogen-bond donors (Lipinski definition) is 0. The third-order valence-corrected chi connectivity index (χ3v) is 2.26. The highest BCUT2D eigenvalue weighted by atomic mass is 35.5. The third-order valence-electron chi connectivity index (χ3n) is 2.03. The van der Waals surface area contributed by atoms with Gasteiger partial charge in [0.15, 0.2) is 5.82 Å². The van der Waals surface area contributed by atoms with Crippen LogP contribution in [0.1, 0.15) is 11.6 Å². The van der Waals surface area contributed by atoms with Crippen molar-refractivity contribution >= 4 is 11.6 Å². The molecule has 0 saturated carbocycles. The lowest BCUT2D eigenvalue weighted by atomic mass is 10.3. The van der Waals surface area contributed by atoms with E-state index in [1.807, 2.05) is 41.8 Å². The molecule has 0 aliphatic rings. The first kappa shape index (κ1) is 9.21. The van der Waals surface area contributed by atoms with Crippen LogP contribution in [0.5, 0.6) is 0 Å². The average molecular weight is 208 g/mol. The lowest BCUT2D eigenvalue weighted by Gasteiger charge is -2.05. The van der Waals surface area contributed by atoms with E-state index in [0.717, 1.165) is 17.3 Å². The Morgan fingerprint density at radius 3 is 2.57 bits per heavy atom. The summed E-state index contributed by atoms with van der Waals surface area (Å²) in [7, 11) is 0. The molecule has 14 heavy (non-hydrogen) atoms. The zero-order chi connectivity index (χ0) is 9.97. The fraction of sp³-hybridized carbons (Fsp3) is 0.200. The summed E-state index contributed by atoms with van der Waals surface area (Å²) in [5.41, 5.74) is 1.05. The standard InChI is InChI=1S/C10H10ClN3/c1-8-12-13-10(7-11)14(8)9-5-3-2-4-6-9/h2-6H,7H2,1H3. The van der Waals surface area contributed by atoms with Crippen molar-refractivity contribution in [2.75, 3.05) is 0 Å². The summed E-state index contributed by atoms with van der Waals surface area (Å²) in [4.78, 5) is 0. The van der Waals surface area contributed by atoms with Gasteiger partial charge in [0, 0.05) is 5.69 Å². The largest absolute Gasteiger partial charge is 0.282 e. The molecular weight excluding hydrogens is 198 g/mol. The minimum Gasteiger partial charge on any atom is -0.282 e. The van der Waals surface area contributed by atoms with Crippen molar-refractivity contribution < 1.29 is 0 Å². The minimum atomic E-state index is 0.371. The van der Waals surface area contributed by atoms with Crippen LogP contribution < -0.4 is 0 Å². The molecule has 0 unspecified atom stereocenters. The number of benzene rings is 1. The molecule has 72 valence electrons. The molecule has 0 atom stereocenters. The van der Waals surface area contributed by atoms with Gasteiger partial charge in [0.05, 0.1) is 5.88 Å². The second kappa shape index (κ2) is 3.80. The second-order valence-electron chi connectivity index (χ2n) is 2.97.